The molecule has 1 saturated heterocycles. The monoisotopic (exact) mass is 217 g/mol. The maximum Gasteiger partial charge on any atom is 0.320 e. The van der Waals surface area contributed by atoms with E-state index in [0.717, 1.165) is 19.3 Å². The predicted molar refractivity (Wildman–Crippen MR) is 59.8 cm³/mol. The van der Waals surface area contributed by atoms with Crippen LogP contribution in [0.1, 0.15) is 32.6 Å². The quantitative estimate of drug-likeness (QED) is 0.665. The molecule has 0 aliphatic carbocycles. The van der Waals surface area contributed by atoms with Gasteiger partial charge in [-0.05, 0) is 37.2 Å². The van der Waals surface area contributed by atoms with Crippen LogP contribution in [0.25, 0.3) is 0 Å². The van der Waals surface area contributed by atoms with Gasteiger partial charge in [0, 0.05) is 6.04 Å². The summed E-state index contributed by atoms with van der Waals surface area (Å²) in [6.07, 6.45) is 4.13. The second kappa shape index (κ2) is 6.30. The molecule has 3 nitrogen and oxygen atoms in total. The van der Waals surface area contributed by atoms with Crippen molar-refractivity contribution < 1.29 is 9.90 Å². The van der Waals surface area contributed by atoms with Crippen LogP contribution >= 0.6 is 11.8 Å². The molecule has 0 saturated carbocycles. The van der Waals surface area contributed by atoms with Crippen LogP contribution in [0.2, 0.25) is 0 Å². The number of hydrogen-bond donors (Lipinski definition) is 2. The summed E-state index contributed by atoms with van der Waals surface area (Å²) in [5.74, 6) is 1.68. The second-order valence-electron chi connectivity index (χ2n) is 3.67. The van der Waals surface area contributed by atoms with Crippen molar-refractivity contribution in [3.8, 4) is 0 Å². The molecule has 4 heteroatoms. The van der Waals surface area contributed by atoms with Crippen molar-refractivity contribution in [2.24, 2.45) is 0 Å². The molecule has 0 radical (unpaired) electrons. The first-order valence-corrected chi connectivity index (χ1v) is 6.46. The normalized spacial score (nSPS) is 26.6. The van der Waals surface area contributed by atoms with Gasteiger partial charge in [0.1, 0.15) is 6.04 Å². The van der Waals surface area contributed by atoms with E-state index in [4.69, 9.17) is 5.11 Å². The Morgan fingerprint density at radius 1 is 1.57 bits per heavy atom. The first kappa shape index (κ1) is 11.9. The van der Waals surface area contributed by atoms with Gasteiger partial charge in [-0.2, -0.15) is 11.8 Å². The number of carbonyl (C=O) groups is 1. The third-order valence-corrected chi connectivity index (χ3v) is 3.57. The molecule has 0 spiro atoms. The van der Waals surface area contributed by atoms with Gasteiger partial charge in [-0.3, -0.25) is 4.79 Å². The van der Waals surface area contributed by atoms with Crippen molar-refractivity contribution in [2.45, 2.75) is 44.7 Å². The molecule has 0 aromatic rings. The molecule has 1 heterocycles. The summed E-state index contributed by atoms with van der Waals surface area (Å²) < 4.78 is 0. The van der Waals surface area contributed by atoms with E-state index < -0.39 is 5.97 Å². The number of hydrogen-bond acceptors (Lipinski definition) is 3. The summed E-state index contributed by atoms with van der Waals surface area (Å²) in [4.78, 5) is 10.7. The first-order valence-electron chi connectivity index (χ1n) is 5.30. The Balaban J connectivity index is 2.07. The summed E-state index contributed by atoms with van der Waals surface area (Å²) >= 11 is 1.95. The van der Waals surface area contributed by atoms with Crippen molar-refractivity contribution in [2.75, 3.05) is 11.5 Å². The van der Waals surface area contributed by atoms with Gasteiger partial charge in [0.15, 0.2) is 0 Å². The molecular weight excluding hydrogens is 198 g/mol. The van der Waals surface area contributed by atoms with Gasteiger partial charge in [0.25, 0.3) is 0 Å². The molecule has 1 aliphatic rings. The van der Waals surface area contributed by atoms with Gasteiger partial charge < -0.3 is 10.4 Å². The summed E-state index contributed by atoms with van der Waals surface area (Å²) in [6, 6.07) is 0.146. The van der Waals surface area contributed by atoms with E-state index in [2.05, 4.69) is 12.2 Å². The van der Waals surface area contributed by atoms with Crippen molar-refractivity contribution in [3.63, 3.8) is 0 Å². The van der Waals surface area contributed by atoms with E-state index in [1.54, 1.807) is 0 Å². The fraction of sp³-hybridized carbons (Fsp3) is 0.900. The van der Waals surface area contributed by atoms with Crippen LogP contribution in [0.5, 0.6) is 0 Å². The number of thioether (sulfide) groups is 1. The van der Waals surface area contributed by atoms with Gasteiger partial charge in [-0.1, -0.05) is 6.92 Å². The lowest BCUT2D eigenvalue weighted by Gasteiger charge is -2.10. The number of rotatable bonds is 6. The topological polar surface area (TPSA) is 49.3 Å². The maximum atomic E-state index is 10.7. The Labute approximate surface area is 89.6 Å². The largest absolute Gasteiger partial charge is 0.480 e. The fourth-order valence-electron chi connectivity index (χ4n) is 1.82. The molecule has 2 N–H and O–H groups in total. The lowest BCUT2D eigenvalue weighted by molar-refractivity contribution is -0.139. The molecule has 2 unspecified atom stereocenters. The van der Waals surface area contributed by atoms with Crippen molar-refractivity contribution >= 4 is 17.7 Å². The van der Waals surface area contributed by atoms with Crippen LogP contribution in [0.4, 0.5) is 0 Å². The number of carboxylic acid groups (broad SMARTS) is 1. The zero-order chi connectivity index (χ0) is 10.4. The average Bonchev–Trinajstić information content (AvgIpc) is 2.61. The molecule has 2 atom stereocenters. The molecule has 1 rings (SSSR count). The van der Waals surface area contributed by atoms with E-state index in [1.165, 1.54) is 17.9 Å². The zero-order valence-electron chi connectivity index (χ0n) is 8.66. The third-order valence-electron chi connectivity index (χ3n) is 2.58. The summed E-state index contributed by atoms with van der Waals surface area (Å²) in [7, 11) is 0. The molecule has 1 aliphatic heterocycles. The smallest absolute Gasteiger partial charge is 0.320 e. The molecule has 0 bridgehead atoms. The van der Waals surface area contributed by atoms with Crippen LogP contribution in [0.15, 0.2) is 0 Å². The molecule has 0 amide bonds. The van der Waals surface area contributed by atoms with E-state index in [1.807, 2.05) is 11.8 Å². The highest BCUT2D eigenvalue weighted by atomic mass is 32.2. The second-order valence-corrected chi connectivity index (χ2v) is 5.06. The molecule has 14 heavy (non-hydrogen) atoms. The average molecular weight is 217 g/mol. The van der Waals surface area contributed by atoms with Crippen molar-refractivity contribution in [3.05, 3.63) is 0 Å². The van der Waals surface area contributed by atoms with Crippen LogP contribution in [-0.4, -0.2) is 34.7 Å². The van der Waals surface area contributed by atoms with E-state index >= 15 is 0 Å². The minimum atomic E-state index is -0.699. The highest BCUT2D eigenvalue weighted by molar-refractivity contribution is 7.99. The third kappa shape index (κ3) is 3.88. The van der Waals surface area contributed by atoms with Crippen LogP contribution in [0, 0.1) is 0 Å². The van der Waals surface area contributed by atoms with Crippen molar-refractivity contribution in [1.82, 2.24) is 5.32 Å². The first-order chi connectivity index (χ1) is 6.74. The lowest BCUT2D eigenvalue weighted by atomic mass is 10.1. The van der Waals surface area contributed by atoms with Crippen molar-refractivity contribution in [1.29, 1.82) is 0 Å². The Bertz CT molecular complexity index is 187. The summed E-state index contributed by atoms with van der Waals surface area (Å²) in [5.41, 5.74) is 0. The Morgan fingerprint density at radius 3 is 2.93 bits per heavy atom. The van der Waals surface area contributed by atoms with Crippen LogP contribution in [0.3, 0.4) is 0 Å². The van der Waals surface area contributed by atoms with Gasteiger partial charge in [-0.15, -0.1) is 0 Å². The Kier molecular flexibility index (Phi) is 5.33. The number of nitrogens with one attached hydrogen (secondary N) is 1. The van der Waals surface area contributed by atoms with Gasteiger partial charge in [-0.25, -0.2) is 0 Å². The SMILES string of the molecule is CCSCCCC1CCC(C(=O)O)N1. The standard InChI is InChI=1S/C10H19NO2S/c1-2-14-7-3-4-8-5-6-9(11-8)10(12)13/h8-9,11H,2-7H2,1H3,(H,12,13). The zero-order valence-corrected chi connectivity index (χ0v) is 9.48. The van der Waals surface area contributed by atoms with Crippen LogP contribution in [-0.2, 0) is 4.79 Å². The minimum absolute atomic E-state index is 0.293. The molecular formula is C10H19NO2S. The van der Waals surface area contributed by atoms with Gasteiger partial charge in [0.05, 0.1) is 0 Å². The lowest BCUT2D eigenvalue weighted by Crippen LogP contribution is -2.35. The molecule has 1 fully saturated rings. The number of aliphatic carboxylic acids is 1. The van der Waals surface area contributed by atoms with Gasteiger partial charge in [0.2, 0.25) is 0 Å². The van der Waals surface area contributed by atoms with E-state index in [0.29, 0.717) is 6.04 Å². The Hall–Kier alpha value is -0.220. The fourth-order valence-corrected chi connectivity index (χ4v) is 2.48. The Morgan fingerprint density at radius 2 is 2.36 bits per heavy atom. The molecule has 0 aromatic heterocycles. The minimum Gasteiger partial charge on any atom is -0.480 e. The van der Waals surface area contributed by atoms with Crippen LogP contribution < -0.4 is 5.32 Å². The maximum absolute atomic E-state index is 10.7. The molecule has 0 aromatic carbocycles. The van der Waals surface area contributed by atoms with Gasteiger partial charge >= 0.3 is 5.97 Å². The summed E-state index contributed by atoms with van der Waals surface area (Å²) in [6.45, 7) is 2.17. The summed E-state index contributed by atoms with van der Waals surface area (Å²) in [5, 5.41) is 11.9. The highest BCUT2D eigenvalue weighted by Gasteiger charge is 2.27. The van der Waals surface area contributed by atoms with E-state index in [9.17, 15) is 4.79 Å². The van der Waals surface area contributed by atoms with E-state index in [-0.39, 0.29) is 6.04 Å². The number of carboxylic acids is 1. The highest BCUT2D eigenvalue weighted by Crippen LogP contribution is 2.17. The molecule has 82 valence electrons. The predicted octanol–water partition coefficient (Wildman–Crippen LogP) is 1.72.